The molecule has 5 rings (SSSR count). The molecule has 0 radical (unpaired) electrons. The largest absolute Gasteiger partial charge is 0.424 e. The van der Waals surface area contributed by atoms with E-state index in [9.17, 15) is 9.18 Å². The number of rotatable bonds is 3. The van der Waals surface area contributed by atoms with Crippen molar-refractivity contribution in [2.75, 3.05) is 18.5 Å². The fourth-order valence-corrected chi connectivity index (χ4v) is 3.70. The van der Waals surface area contributed by atoms with Crippen molar-refractivity contribution in [3.63, 3.8) is 0 Å². The first-order valence-electron chi connectivity index (χ1n) is 8.69. The molecule has 7 nitrogen and oxygen atoms in total. The molecule has 1 saturated heterocycles. The molecule has 0 amide bonds. The molecule has 26 heavy (non-hydrogen) atoms. The van der Waals surface area contributed by atoms with Crippen LogP contribution in [0, 0.1) is 5.82 Å². The van der Waals surface area contributed by atoms with E-state index in [4.69, 9.17) is 9.15 Å². The van der Waals surface area contributed by atoms with Crippen LogP contribution in [-0.2, 0) is 17.6 Å². The van der Waals surface area contributed by atoms with Crippen LogP contribution in [0.5, 0.6) is 0 Å². The Hall–Kier alpha value is -2.74. The molecule has 3 aromatic rings. The van der Waals surface area contributed by atoms with Gasteiger partial charge in [-0.3, -0.25) is 4.79 Å². The molecule has 0 spiro atoms. The van der Waals surface area contributed by atoms with Gasteiger partial charge in [-0.25, -0.2) is 9.07 Å². The van der Waals surface area contributed by atoms with Crippen LogP contribution >= 0.6 is 0 Å². The Bertz CT molecular complexity index is 1040. The number of hydrogen-bond donors (Lipinski definition) is 1. The second-order valence-corrected chi connectivity index (χ2v) is 6.74. The molecule has 1 aliphatic carbocycles. The van der Waals surface area contributed by atoms with Crippen molar-refractivity contribution < 1.29 is 13.5 Å². The lowest BCUT2D eigenvalue weighted by Crippen LogP contribution is -2.37. The molecule has 0 bridgehead atoms. The fourth-order valence-electron chi connectivity index (χ4n) is 3.70. The van der Waals surface area contributed by atoms with Gasteiger partial charge < -0.3 is 14.5 Å². The lowest BCUT2D eigenvalue weighted by molar-refractivity contribution is 0.182. The van der Waals surface area contributed by atoms with E-state index in [1.165, 1.54) is 22.9 Å². The number of nitrogens with one attached hydrogen (secondary N) is 1. The van der Waals surface area contributed by atoms with Gasteiger partial charge in [-0.2, -0.15) is 10.1 Å². The maximum atomic E-state index is 13.3. The monoisotopic (exact) mass is 356 g/mol. The predicted molar refractivity (Wildman–Crippen MR) is 91.8 cm³/mol. The fraction of sp³-hybridized carbons (Fsp3) is 0.389. The molecule has 0 saturated carbocycles. The standard InChI is InChI=1S/C18H17FN4O3/c19-11-4-5-16-13(7-11)20-18(26-16)21-14-8-25-9-15(14)23-17(24)6-10-2-1-3-12(10)22-23/h4-7,14-15H,1-3,8-9H2,(H,20,21). The van der Waals surface area contributed by atoms with Gasteiger partial charge >= 0.3 is 0 Å². The highest BCUT2D eigenvalue weighted by Gasteiger charge is 2.33. The summed E-state index contributed by atoms with van der Waals surface area (Å²) >= 11 is 0. The summed E-state index contributed by atoms with van der Waals surface area (Å²) in [6.45, 7) is 0.793. The van der Waals surface area contributed by atoms with Crippen LogP contribution in [0.1, 0.15) is 23.7 Å². The first kappa shape index (κ1) is 15.5. The first-order chi connectivity index (χ1) is 12.7. The molecule has 2 aromatic heterocycles. The smallest absolute Gasteiger partial charge is 0.296 e. The van der Waals surface area contributed by atoms with Crippen molar-refractivity contribution in [3.8, 4) is 0 Å². The van der Waals surface area contributed by atoms with E-state index in [-0.39, 0.29) is 29.5 Å². The van der Waals surface area contributed by atoms with E-state index < -0.39 is 0 Å². The van der Waals surface area contributed by atoms with E-state index in [0.29, 0.717) is 24.3 Å². The van der Waals surface area contributed by atoms with Crippen LogP contribution in [0.4, 0.5) is 10.4 Å². The summed E-state index contributed by atoms with van der Waals surface area (Å²) in [7, 11) is 0. The Labute approximate surface area is 147 Å². The van der Waals surface area contributed by atoms with Crippen LogP contribution in [0.25, 0.3) is 11.1 Å². The summed E-state index contributed by atoms with van der Waals surface area (Å²) < 4.78 is 26.0. The number of aromatic nitrogens is 3. The number of aryl methyl sites for hydroxylation is 2. The highest BCUT2D eigenvalue weighted by molar-refractivity contribution is 5.74. The maximum absolute atomic E-state index is 13.3. The number of nitrogens with zero attached hydrogens (tertiary/aromatic N) is 3. The average molecular weight is 356 g/mol. The second-order valence-electron chi connectivity index (χ2n) is 6.74. The molecule has 1 fully saturated rings. The topological polar surface area (TPSA) is 82.2 Å². The minimum absolute atomic E-state index is 0.118. The zero-order valence-corrected chi connectivity index (χ0v) is 13.9. The Morgan fingerprint density at radius 2 is 2.15 bits per heavy atom. The highest BCUT2D eigenvalue weighted by atomic mass is 19.1. The van der Waals surface area contributed by atoms with Crippen LogP contribution in [0.3, 0.4) is 0 Å². The zero-order valence-electron chi connectivity index (χ0n) is 13.9. The number of ether oxygens (including phenoxy) is 1. The second kappa shape index (κ2) is 5.91. The number of fused-ring (bicyclic) bond motifs is 2. The van der Waals surface area contributed by atoms with Crippen molar-refractivity contribution in [1.82, 2.24) is 14.8 Å². The number of halogens is 1. The summed E-state index contributed by atoms with van der Waals surface area (Å²) in [6, 6.07) is 5.69. The lowest BCUT2D eigenvalue weighted by atomic mass is 10.1. The Morgan fingerprint density at radius 3 is 3.08 bits per heavy atom. The molecule has 1 aliphatic heterocycles. The van der Waals surface area contributed by atoms with Crippen molar-refractivity contribution in [1.29, 1.82) is 0 Å². The van der Waals surface area contributed by atoms with Crippen molar-refractivity contribution in [2.24, 2.45) is 0 Å². The number of oxazole rings is 1. The van der Waals surface area contributed by atoms with Gasteiger partial charge in [0.1, 0.15) is 17.4 Å². The van der Waals surface area contributed by atoms with E-state index in [0.717, 1.165) is 30.5 Å². The SMILES string of the molecule is O=c1cc2c(nn1C1COCC1Nc1nc3cc(F)ccc3o1)CCC2. The van der Waals surface area contributed by atoms with Gasteiger partial charge in [0.25, 0.3) is 11.6 Å². The van der Waals surface area contributed by atoms with Crippen LogP contribution < -0.4 is 10.9 Å². The number of hydrogen-bond acceptors (Lipinski definition) is 6. The molecule has 134 valence electrons. The third-order valence-corrected chi connectivity index (χ3v) is 5.01. The van der Waals surface area contributed by atoms with Gasteiger partial charge in [0, 0.05) is 12.1 Å². The Balaban J connectivity index is 1.44. The average Bonchev–Trinajstić information content (AvgIpc) is 3.33. The summed E-state index contributed by atoms with van der Waals surface area (Å²) in [4.78, 5) is 16.7. The maximum Gasteiger partial charge on any atom is 0.296 e. The molecule has 8 heteroatoms. The normalized spacial score (nSPS) is 22.0. The molecular formula is C18H17FN4O3. The van der Waals surface area contributed by atoms with Gasteiger partial charge in [0.05, 0.1) is 24.9 Å². The van der Waals surface area contributed by atoms with Gasteiger partial charge in [-0.05, 0) is 37.0 Å². The highest BCUT2D eigenvalue weighted by Crippen LogP contribution is 2.26. The van der Waals surface area contributed by atoms with Crippen LogP contribution in [0.15, 0.2) is 33.5 Å². The molecule has 2 unspecified atom stereocenters. The molecule has 3 heterocycles. The van der Waals surface area contributed by atoms with Crippen LogP contribution in [-0.4, -0.2) is 34.0 Å². The summed E-state index contributed by atoms with van der Waals surface area (Å²) in [6.07, 6.45) is 2.85. The van der Waals surface area contributed by atoms with Gasteiger partial charge in [0.2, 0.25) is 0 Å². The molecule has 2 atom stereocenters. The summed E-state index contributed by atoms with van der Waals surface area (Å²) in [5, 5.41) is 7.73. The first-order valence-corrected chi connectivity index (χ1v) is 8.69. The van der Waals surface area contributed by atoms with Crippen LogP contribution in [0.2, 0.25) is 0 Å². The predicted octanol–water partition coefficient (Wildman–Crippen LogP) is 2.06. The number of benzene rings is 1. The van der Waals surface area contributed by atoms with Gasteiger partial charge in [-0.1, -0.05) is 0 Å². The molecular weight excluding hydrogens is 339 g/mol. The minimum atomic E-state index is -0.367. The van der Waals surface area contributed by atoms with E-state index in [1.807, 2.05) is 0 Å². The van der Waals surface area contributed by atoms with E-state index >= 15 is 0 Å². The Morgan fingerprint density at radius 1 is 1.23 bits per heavy atom. The van der Waals surface area contributed by atoms with Crippen molar-refractivity contribution in [2.45, 2.75) is 31.3 Å². The zero-order chi connectivity index (χ0) is 17.7. The van der Waals surface area contributed by atoms with Gasteiger partial charge in [-0.15, -0.1) is 0 Å². The summed E-state index contributed by atoms with van der Waals surface area (Å²) in [5.41, 5.74) is 2.86. The molecule has 1 aromatic carbocycles. The molecule has 1 N–H and O–H groups in total. The Kier molecular flexibility index (Phi) is 3.53. The van der Waals surface area contributed by atoms with E-state index in [2.05, 4.69) is 15.4 Å². The lowest BCUT2D eigenvalue weighted by Gasteiger charge is -2.19. The summed E-state index contributed by atoms with van der Waals surface area (Å²) in [5.74, 6) is -0.367. The quantitative estimate of drug-likeness (QED) is 0.774. The number of anilines is 1. The van der Waals surface area contributed by atoms with Crippen molar-refractivity contribution in [3.05, 3.63) is 51.7 Å². The third kappa shape index (κ3) is 2.57. The van der Waals surface area contributed by atoms with E-state index in [1.54, 1.807) is 6.07 Å². The molecule has 2 aliphatic rings. The minimum Gasteiger partial charge on any atom is -0.424 e. The third-order valence-electron chi connectivity index (χ3n) is 5.01. The van der Waals surface area contributed by atoms with Gasteiger partial charge in [0.15, 0.2) is 5.58 Å². The van der Waals surface area contributed by atoms with Crippen molar-refractivity contribution >= 4 is 17.1 Å².